The predicted molar refractivity (Wildman–Crippen MR) is 66.3 cm³/mol. The Hall–Kier alpha value is -1.49. The minimum atomic E-state index is -0.0793. The Morgan fingerprint density at radius 2 is 2.06 bits per heavy atom. The molecule has 16 heavy (non-hydrogen) atoms. The first kappa shape index (κ1) is 11.0. The van der Waals surface area contributed by atoms with Gasteiger partial charge in [-0.1, -0.05) is 32.0 Å². The second-order valence-corrected chi connectivity index (χ2v) is 4.99. The Morgan fingerprint density at radius 1 is 1.38 bits per heavy atom. The Kier molecular flexibility index (Phi) is 2.87. The molecular formula is C14H18N2. The van der Waals surface area contributed by atoms with Crippen LogP contribution in [0.3, 0.4) is 0 Å². The molecule has 0 amide bonds. The fourth-order valence-corrected chi connectivity index (χ4v) is 1.90. The molecule has 0 aliphatic heterocycles. The molecule has 0 saturated heterocycles. The van der Waals surface area contributed by atoms with Gasteiger partial charge in [0.1, 0.15) is 0 Å². The summed E-state index contributed by atoms with van der Waals surface area (Å²) in [6.07, 6.45) is 2.08. The normalized spacial score (nSPS) is 16.9. The van der Waals surface area contributed by atoms with Crippen LogP contribution in [0.1, 0.15) is 38.2 Å². The molecule has 84 valence electrons. The second kappa shape index (κ2) is 4.17. The summed E-state index contributed by atoms with van der Waals surface area (Å²) in [4.78, 5) is 0. The molecule has 0 aromatic heterocycles. The van der Waals surface area contributed by atoms with Gasteiger partial charge >= 0.3 is 0 Å². The van der Waals surface area contributed by atoms with E-state index in [1.807, 2.05) is 6.07 Å². The van der Waals surface area contributed by atoms with Crippen LogP contribution in [0.5, 0.6) is 0 Å². The number of para-hydroxylation sites is 1. The van der Waals surface area contributed by atoms with E-state index in [-0.39, 0.29) is 5.41 Å². The topological polar surface area (TPSA) is 35.8 Å². The summed E-state index contributed by atoms with van der Waals surface area (Å²) < 4.78 is 0. The van der Waals surface area contributed by atoms with Crippen LogP contribution >= 0.6 is 0 Å². The van der Waals surface area contributed by atoms with Crippen molar-refractivity contribution in [2.75, 3.05) is 11.9 Å². The van der Waals surface area contributed by atoms with E-state index >= 15 is 0 Å². The summed E-state index contributed by atoms with van der Waals surface area (Å²) in [5.41, 5.74) is 2.43. The van der Waals surface area contributed by atoms with Crippen molar-refractivity contribution in [1.29, 1.82) is 5.26 Å². The van der Waals surface area contributed by atoms with Gasteiger partial charge < -0.3 is 5.32 Å². The molecule has 0 spiro atoms. The molecule has 2 nitrogen and oxygen atoms in total. The van der Waals surface area contributed by atoms with Gasteiger partial charge in [-0.15, -0.1) is 0 Å². The lowest BCUT2D eigenvalue weighted by Crippen LogP contribution is -2.14. The second-order valence-electron chi connectivity index (χ2n) is 4.99. The van der Waals surface area contributed by atoms with E-state index in [2.05, 4.69) is 43.4 Å². The van der Waals surface area contributed by atoms with E-state index in [1.54, 1.807) is 0 Å². The molecule has 1 N–H and O–H groups in total. The molecule has 1 aliphatic rings. The van der Waals surface area contributed by atoms with Gasteiger partial charge in [0.25, 0.3) is 0 Å². The third kappa shape index (κ3) is 2.19. The quantitative estimate of drug-likeness (QED) is 0.832. The van der Waals surface area contributed by atoms with Crippen LogP contribution in [0.15, 0.2) is 24.3 Å². The van der Waals surface area contributed by atoms with Crippen molar-refractivity contribution < 1.29 is 0 Å². The van der Waals surface area contributed by atoms with Crippen molar-refractivity contribution >= 4 is 5.69 Å². The largest absolute Gasteiger partial charge is 0.383 e. The first-order valence-corrected chi connectivity index (χ1v) is 5.91. The Balaban J connectivity index is 2.07. The number of anilines is 1. The first-order chi connectivity index (χ1) is 7.67. The van der Waals surface area contributed by atoms with Crippen LogP contribution in [-0.4, -0.2) is 6.54 Å². The van der Waals surface area contributed by atoms with Crippen LogP contribution in [0.2, 0.25) is 0 Å². The van der Waals surface area contributed by atoms with E-state index < -0.39 is 0 Å². The maximum Gasteiger partial charge on any atom is 0.0747 e. The molecule has 1 fully saturated rings. The predicted octanol–water partition coefficient (Wildman–Crippen LogP) is 3.53. The smallest absolute Gasteiger partial charge is 0.0747 e. The molecule has 0 atom stereocenters. The average molecular weight is 214 g/mol. The standard InChI is InChI=1S/C14H18N2/c1-11(2)12-5-3-4-6-13(12)16-10-14(9-15)7-8-14/h3-6,11,16H,7-8,10H2,1-2H3. The number of hydrogen-bond donors (Lipinski definition) is 1. The summed E-state index contributed by atoms with van der Waals surface area (Å²) in [6, 6.07) is 10.8. The van der Waals surface area contributed by atoms with Gasteiger partial charge in [-0.05, 0) is 30.4 Å². The maximum atomic E-state index is 9.02. The van der Waals surface area contributed by atoms with Gasteiger partial charge in [0.2, 0.25) is 0 Å². The molecule has 1 aromatic rings. The van der Waals surface area contributed by atoms with Crippen LogP contribution in [0.25, 0.3) is 0 Å². The molecule has 0 heterocycles. The van der Waals surface area contributed by atoms with Gasteiger partial charge in [0, 0.05) is 12.2 Å². The lowest BCUT2D eigenvalue weighted by atomic mass is 10.0. The zero-order chi connectivity index (χ0) is 11.6. The number of nitrogens with one attached hydrogen (secondary N) is 1. The van der Waals surface area contributed by atoms with Crippen molar-refractivity contribution in [3.05, 3.63) is 29.8 Å². The van der Waals surface area contributed by atoms with Crippen LogP contribution in [-0.2, 0) is 0 Å². The van der Waals surface area contributed by atoms with Gasteiger partial charge in [-0.2, -0.15) is 5.26 Å². The Labute approximate surface area is 97.3 Å². The van der Waals surface area contributed by atoms with Gasteiger partial charge in [-0.3, -0.25) is 0 Å². The maximum absolute atomic E-state index is 9.02. The fourth-order valence-electron chi connectivity index (χ4n) is 1.90. The van der Waals surface area contributed by atoms with Crippen molar-refractivity contribution in [3.63, 3.8) is 0 Å². The number of benzene rings is 1. The first-order valence-electron chi connectivity index (χ1n) is 5.91. The molecule has 2 heteroatoms. The highest BCUT2D eigenvalue weighted by Gasteiger charge is 2.42. The molecule has 1 aromatic carbocycles. The van der Waals surface area contributed by atoms with Gasteiger partial charge in [0.15, 0.2) is 0 Å². The lowest BCUT2D eigenvalue weighted by molar-refractivity contribution is 0.709. The van der Waals surface area contributed by atoms with E-state index in [1.165, 1.54) is 11.3 Å². The highest BCUT2D eigenvalue weighted by Crippen LogP contribution is 2.45. The van der Waals surface area contributed by atoms with Crippen molar-refractivity contribution in [2.45, 2.75) is 32.6 Å². The molecule has 1 aliphatic carbocycles. The zero-order valence-corrected chi connectivity index (χ0v) is 9.96. The van der Waals surface area contributed by atoms with Gasteiger partial charge in [-0.25, -0.2) is 0 Å². The third-order valence-electron chi connectivity index (χ3n) is 3.29. The van der Waals surface area contributed by atoms with E-state index in [9.17, 15) is 0 Å². The number of rotatable bonds is 4. The summed E-state index contributed by atoms with van der Waals surface area (Å²) in [5.74, 6) is 0.515. The average Bonchev–Trinajstić information content (AvgIpc) is 3.07. The summed E-state index contributed by atoms with van der Waals surface area (Å²) in [7, 11) is 0. The van der Waals surface area contributed by atoms with Crippen molar-refractivity contribution in [1.82, 2.24) is 0 Å². The zero-order valence-electron chi connectivity index (χ0n) is 9.96. The van der Waals surface area contributed by atoms with Crippen LogP contribution in [0, 0.1) is 16.7 Å². The third-order valence-corrected chi connectivity index (χ3v) is 3.29. The lowest BCUT2D eigenvalue weighted by Gasteiger charge is -2.15. The number of nitrogens with zero attached hydrogens (tertiary/aromatic N) is 1. The SMILES string of the molecule is CC(C)c1ccccc1NCC1(C#N)CC1. The Bertz CT molecular complexity index is 411. The van der Waals surface area contributed by atoms with Crippen molar-refractivity contribution in [3.8, 4) is 6.07 Å². The monoisotopic (exact) mass is 214 g/mol. The summed E-state index contributed by atoms with van der Waals surface area (Å²) >= 11 is 0. The van der Waals surface area contributed by atoms with Crippen LogP contribution < -0.4 is 5.32 Å². The van der Waals surface area contributed by atoms with Crippen molar-refractivity contribution in [2.24, 2.45) is 5.41 Å². The summed E-state index contributed by atoms with van der Waals surface area (Å²) in [5, 5.41) is 12.4. The molecule has 0 radical (unpaired) electrons. The fraction of sp³-hybridized carbons (Fsp3) is 0.500. The Morgan fingerprint density at radius 3 is 2.62 bits per heavy atom. The summed E-state index contributed by atoms with van der Waals surface area (Å²) in [6.45, 7) is 5.17. The molecule has 1 saturated carbocycles. The van der Waals surface area contributed by atoms with E-state index in [4.69, 9.17) is 5.26 Å². The minimum Gasteiger partial charge on any atom is -0.383 e. The molecule has 0 bridgehead atoms. The van der Waals surface area contributed by atoms with Crippen LogP contribution in [0.4, 0.5) is 5.69 Å². The molecule has 0 unspecified atom stereocenters. The van der Waals surface area contributed by atoms with Gasteiger partial charge in [0.05, 0.1) is 11.5 Å². The number of hydrogen-bond acceptors (Lipinski definition) is 2. The van der Waals surface area contributed by atoms with E-state index in [0.29, 0.717) is 5.92 Å². The molecule has 2 rings (SSSR count). The number of nitriles is 1. The minimum absolute atomic E-state index is 0.0793. The van der Waals surface area contributed by atoms with E-state index in [0.717, 1.165) is 19.4 Å². The molecular weight excluding hydrogens is 196 g/mol. The highest BCUT2D eigenvalue weighted by molar-refractivity contribution is 5.53. The highest BCUT2D eigenvalue weighted by atomic mass is 14.9.